The Morgan fingerprint density at radius 3 is 2.55 bits per heavy atom. The number of hydrogen-bond donors (Lipinski definition) is 2. The van der Waals surface area contributed by atoms with Gasteiger partial charge in [-0.3, -0.25) is 4.79 Å². The second-order valence-electron chi connectivity index (χ2n) is 7.92. The van der Waals surface area contributed by atoms with E-state index in [1.807, 2.05) is 4.90 Å². The molecule has 1 saturated heterocycles. The smallest absolute Gasteiger partial charge is 0.219 e. The minimum atomic E-state index is -0.146. The first-order chi connectivity index (χ1) is 10.6. The summed E-state index contributed by atoms with van der Waals surface area (Å²) >= 11 is 0. The van der Waals surface area contributed by atoms with E-state index in [1.54, 1.807) is 6.92 Å². The number of piperidine rings is 1. The zero-order chi connectivity index (χ0) is 15.5. The molecular formula is C18H32N2O2. The van der Waals surface area contributed by atoms with Crippen LogP contribution in [-0.2, 0) is 4.79 Å². The Balaban J connectivity index is 1.50. The van der Waals surface area contributed by atoms with Crippen LogP contribution in [0.3, 0.4) is 0 Å². The first kappa shape index (κ1) is 16.3. The zero-order valence-electron chi connectivity index (χ0n) is 14.0. The van der Waals surface area contributed by atoms with Crippen molar-refractivity contribution in [2.45, 2.75) is 70.4 Å². The fourth-order valence-corrected chi connectivity index (χ4v) is 4.34. The first-order valence-electron chi connectivity index (χ1n) is 9.28. The van der Waals surface area contributed by atoms with E-state index in [9.17, 15) is 9.90 Å². The lowest BCUT2D eigenvalue weighted by molar-refractivity contribution is -0.131. The molecule has 0 aromatic carbocycles. The predicted octanol–water partition coefficient (Wildman–Crippen LogP) is 2.16. The van der Waals surface area contributed by atoms with Crippen molar-refractivity contribution in [3.63, 3.8) is 0 Å². The van der Waals surface area contributed by atoms with Crippen LogP contribution in [0.25, 0.3) is 0 Å². The first-order valence-corrected chi connectivity index (χ1v) is 9.28. The van der Waals surface area contributed by atoms with Crippen molar-refractivity contribution in [1.82, 2.24) is 10.2 Å². The van der Waals surface area contributed by atoms with Crippen LogP contribution < -0.4 is 5.32 Å². The van der Waals surface area contributed by atoms with Crippen LogP contribution in [-0.4, -0.2) is 47.7 Å². The molecule has 1 heterocycles. The van der Waals surface area contributed by atoms with Gasteiger partial charge in [-0.15, -0.1) is 0 Å². The summed E-state index contributed by atoms with van der Waals surface area (Å²) < 4.78 is 0. The van der Waals surface area contributed by atoms with Gasteiger partial charge in [0.1, 0.15) is 0 Å². The van der Waals surface area contributed by atoms with Gasteiger partial charge in [-0.1, -0.05) is 12.8 Å². The molecule has 4 heteroatoms. The Bertz CT molecular complexity index is 377. The summed E-state index contributed by atoms with van der Waals surface area (Å²) in [5, 5.41) is 14.0. The second-order valence-corrected chi connectivity index (χ2v) is 7.92. The molecule has 3 atom stereocenters. The quantitative estimate of drug-likeness (QED) is 0.790. The lowest BCUT2D eigenvalue weighted by atomic mass is 9.88. The molecular weight excluding hydrogens is 276 g/mol. The van der Waals surface area contributed by atoms with Gasteiger partial charge in [-0.25, -0.2) is 0 Å². The van der Waals surface area contributed by atoms with Gasteiger partial charge in [0.2, 0.25) is 5.91 Å². The largest absolute Gasteiger partial charge is 0.393 e. The molecule has 22 heavy (non-hydrogen) atoms. The van der Waals surface area contributed by atoms with Crippen molar-refractivity contribution in [2.24, 2.45) is 17.8 Å². The summed E-state index contributed by atoms with van der Waals surface area (Å²) in [6, 6.07) is 0.412. The van der Waals surface area contributed by atoms with E-state index in [0.29, 0.717) is 17.9 Å². The van der Waals surface area contributed by atoms with Crippen LogP contribution in [0.15, 0.2) is 0 Å². The summed E-state index contributed by atoms with van der Waals surface area (Å²) in [4.78, 5) is 13.8. The summed E-state index contributed by atoms with van der Waals surface area (Å²) in [7, 11) is 0. The number of carbonyl (C=O) groups excluding carboxylic acids is 1. The molecule has 126 valence electrons. The highest BCUT2D eigenvalue weighted by molar-refractivity contribution is 5.73. The van der Waals surface area contributed by atoms with Crippen LogP contribution in [0.2, 0.25) is 0 Å². The highest BCUT2D eigenvalue weighted by Crippen LogP contribution is 2.36. The maximum absolute atomic E-state index is 11.8. The maximum Gasteiger partial charge on any atom is 0.219 e. The molecule has 3 aliphatic rings. The van der Waals surface area contributed by atoms with Gasteiger partial charge < -0.3 is 15.3 Å². The molecule has 1 amide bonds. The normalized spacial score (nSPS) is 31.5. The third-order valence-corrected chi connectivity index (χ3v) is 5.89. The Kier molecular flexibility index (Phi) is 5.40. The molecule has 2 aliphatic carbocycles. The molecule has 3 rings (SSSR count). The van der Waals surface area contributed by atoms with E-state index >= 15 is 0 Å². The van der Waals surface area contributed by atoms with Gasteiger partial charge in [0.15, 0.2) is 0 Å². The third kappa shape index (κ3) is 4.45. The summed E-state index contributed by atoms with van der Waals surface area (Å²) in [6.45, 7) is 4.46. The number of amides is 1. The molecule has 0 spiro atoms. The maximum atomic E-state index is 11.8. The van der Waals surface area contributed by atoms with Crippen molar-refractivity contribution >= 4 is 5.91 Å². The van der Waals surface area contributed by atoms with Gasteiger partial charge in [0.05, 0.1) is 6.10 Å². The average molecular weight is 308 g/mol. The third-order valence-electron chi connectivity index (χ3n) is 5.89. The average Bonchev–Trinajstić information content (AvgIpc) is 3.22. The number of nitrogens with zero attached hydrogens (tertiary/aromatic N) is 1. The van der Waals surface area contributed by atoms with Crippen molar-refractivity contribution in [3.8, 4) is 0 Å². The molecule has 0 bridgehead atoms. The van der Waals surface area contributed by atoms with Gasteiger partial charge in [0.25, 0.3) is 0 Å². The second kappa shape index (κ2) is 7.31. The van der Waals surface area contributed by atoms with Gasteiger partial charge in [0, 0.05) is 26.1 Å². The monoisotopic (exact) mass is 308 g/mol. The topological polar surface area (TPSA) is 52.6 Å². The minimum Gasteiger partial charge on any atom is -0.393 e. The number of aliphatic hydroxyl groups excluding tert-OH is 1. The zero-order valence-corrected chi connectivity index (χ0v) is 14.0. The number of likely N-dealkylation sites (tertiary alicyclic amines) is 1. The number of aliphatic hydroxyl groups is 1. The molecule has 0 radical (unpaired) electrons. The molecule has 2 saturated carbocycles. The van der Waals surface area contributed by atoms with Crippen LogP contribution in [0.1, 0.15) is 58.3 Å². The lowest BCUT2D eigenvalue weighted by Crippen LogP contribution is -2.52. The van der Waals surface area contributed by atoms with Crippen molar-refractivity contribution in [1.29, 1.82) is 0 Å². The standard InChI is InChI=1S/C18H32N2O2/c1-13(21)20-11-15(9-18(22)16-6-7-16)8-17(12-20)19-10-14-4-2-3-5-14/h14-19,22H,2-12H2,1H3. The molecule has 3 fully saturated rings. The van der Waals surface area contributed by atoms with Crippen LogP contribution in [0.4, 0.5) is 0 Å². The highest BCUT2D eigenvalue weighted by Gasteiger charge is 2.35. The van der Waals surface area contributed by atoms with Gasteiger partial charge in [-0.2, -0.15) is 0 Å². The van der Waals surface area contributed by atoms with Crippen molar-refractivity contribution in [2.75, 3.05) is 19.6 Å². The minimum absolute atomic E-state index is 0.146. The number of hydrogen-bond acceptors (Lipinski definition) is 3. The van der Waals surface area contributed by atoms with E-state index < -0.39 is 0 Å². The van der Waals surface area contributed by atoms with Crippen molar-refractivity contribution < 1.29 is 9.90 Å². The SMILES string of the molecule is CC(=O)N1CC(CC(O)C2CC2)CC(NCC2CCCC2)C1. The van der Waals surface area contributed by atoms with E-state index in [2.05, 4.69) is 5.32 Å². The number of nitrogens with one attached hydrogen (secondary N) is 1. The summed E-state index contributed by atoms with van der Waals surface area (Å²) in [6.07, 6.45) is 9.70. The summed E-state index contributed by atoms with van der Waals surface area (Å²) in [5.74, 6) is 2.01. The molecule has 1 aliphatic heterocycles. The van der Waals surface area contributed by atoms with Crippen LogP contribution >= 0.6 is 0 Å². The van der Waals surface area contributed by atoms with E-state index in [1.165, 1.54) is 38.5 Å². The fraction of sp³-hybridized carbons (Fsp3) is 0.944. The van der Waals surface area contributed by atoms with E-state index in [-0.39, 0.29) is 12.0 Å². The van der Waals surface area contributed by atoms with Crippen molar-refractivity contribution in [3.05, 3.63) is 0 Å². The van der Waals surface area contributed by atoms with Crippen LogP contribution in [0, 0.1) is 17.8 Å². The molecule has 0 aromatic rings. The van der Waals surface area contributed by atoms with Crippen LogP contribution in [0.5, 0.6) is 0 Å². The van der Waals surface area contributed by atoms with Gasteiger partial charge >= 0.3 is 0 Å². The Labute approximate surface area is 134 Å². The van der Waals surface area contributed by atoms with E-state index in [0.717, 1.165) is 38.4 Å². The summed E-state index contributed by atoms with van der Waals surface area (Å²) in [5.41, 5.74) is 0. The Morgan fingerprint density at radius 1 is 1.18 bits per heavy atom. The lowest BCUT2D eigenvalue weighted by Gasteiger charge is -2.39. The fourth-order valence-electron chi connectivity index (χ4n) is 4.34. The predicted molar refractivity (Wildman–Crippen MR) is 87.5 cm³/mol. The molecule has 2 N–H and O–H groups in total. The Hall–Kier alpha value is -0.610. The molecule has 3 unspecified atom stereocenters. The van der Waals surface area contributed by atoms with E-state index in [4.69, 9.17) is 0 Å². The molecule has 4 nitrogen and oxygen atoms in total. The Morgan fingerprint density at radius 2 is 1.91 bits per heavy atom. The number of carbonyl (C=O) groups is 1. The van der Waals surface area contributed by atoms with Gasteiger partial charge in [-0.05, 0) is 62.8 Å². The highest BCUT2D eigenvalue weighted by atomic mass is 16.3. The number of rotatable bonds is 6. The molecule has 0 aromatic heterocycles.